The third-order valence-corrected chi connectivity index (χ3v) is 6.03. The van der Waals surface area contributed by atoms with E-state index in [2.05, 4.69) is 9.80 Å². The molecule has 7 heteroatoms. The zero-order valence-electron chi connectivity index (χ0n) is 15.5. The predicted octanol–water partition coefficient (Wildman–Crippen LogP) is 2.45. The van der Waals surface area contributed by atoms with Crippen molar-refractivity contribution < 1.29 is 23.4 Å². The van der Waals surface area contributed by atoms with Gasteiger partial charge in [0.15, 0.2) is 0 Å². The highest BCUT2D eigenvalue weighted by atomic mass is 19.4. The Morgan fingerprint density at radius 1 is 0.889 bits per heavy atom. The van der Waals surface area contributed by atoms with E-state index in [1.165, 1.54) is 0 Å². The summed E-state index contributed by atoms with van der Waals surface area (Å²) in [6, 6.07) is 5.36. The zero-order chi connectivity index (χ0) is 19.4. The number of hydrogen-bond acceptors (Lipinski definition) is 4. The Morgan fingerprint density at radius 3 is 2.07 bits per heavy atom. The Morgan fingerprint density at radius 2 is 1.52 bits per heavy atom. The van der Waals surface area contributed by atoms with Crippen LogP contribution < -0.4 is 0 Å². The van der Waals surface area contributed by atoms with Gasteiger partial charge in [-0.25, -0.2) is 0 Å². The van der Waals surface area contributed by atoms with Crippen LogP contribution in [0.5, 0.6) is 0 Å². The fourth-order valence-corrected chi connectivity index (χ4v) is 4.32. The molecule has 2 N–H and O–H groups in total. The van der Waals surface area contributed by atoms with Crippen molar-refractivity contribution >= 4 is 0 Å². The van der Waals surface area contributed by atoms with Gasteiger partial charge in [0.05, 0.1) is 5.56 Å². The maximum atomic E-state index is 12.7. The van der Waals surface area contributed by atoms with Gasteiger partial charge in [-0.15, -0.1) is 0 Å². The van der Waals surface area contributed by atoms with E-state index in [-0.39, 0.29) is 19.1 Å². The van der Waals surface area contributed by atoms with Crippen LogP contribution in [0.2, 0.25) is 0 Å². The van der Waals surface area contributed by atoms with E-state index in [1.807, 2.05) is 0 Å². The number of likely N-dealkylation sites (tertiary alicyclic amines) is 2. The molecule has 27 heavy (non-hydrogen) atoms. The number of piperidine rings is 1. The molecule has 2 fully saturated rings. The first-order chi connectivity index (χ1) is 12.9. The van der Waals surface area contributed by atoms with Gasteiger partial charge in [0.25, 0.3) is 0 Å². The summed E-state index contributed by atoms with van der Waals surface area (Å²) in [6.45, 7) is 5.54. The fraction of sp³-hybridized carbons (Fsp3) is 0.700. The van der Waals surface area contributed by atoms with Gasteiger partial charge in [-0.2, -0.15) is 13.2 Å². The summed E-state index contributed by atoms with van der Waals surface area (Å²) in [5.74, 6) is 0.986. The van der Waals surface area contributed by atoms with Gasteiger partial charge in [0.1, 0.15) is 0 Å². The second kappa shape index (κ2) is 8.90. The lowest BCUT2D eigenvalue weighted by atomic mass is 9.93. The number of alkyl halides is 3. The predicted molar refractivity (Wildman–Crippen MR) is 97.0 cm³/mol. The van der Waals surface area contributed by atoms with E-state index in [4.69, 9.17) is 0 Å². The van der Waals surface area contributed by atoms with Gasteiger partial charge in [0.2, 0.25) is 0 Å². The molecule has 4 nitrogen and oxygen atoms in total. The molecule has 0 unspecified atom stereocenters. The van der Waals surface area contributed by atoms with Crippen molar-refractivity contribution in [1.82, 2.24) is 9.80 Å². The van der Waals surface area contributed by atoms with Gasteiger partial charge in [0, 0.05) is 39.4 Å². The van der Waals surface area contributed by atoms with Crippen LogP contribution in [0.1, 0.15) is 24.0 Å². The summed E-state index contributed by atoms with van der Waals surface area (Å²) >= 11 is 0. The topological polar surface area (TPSA) is 46.9 Å². The molecule has 2 atom stereocenters. The van der Waals surface area contributed by atoms with Crippen molar-refractivity contribution in [2.24, 2.45) is 17.8 Å². The summed E-state index contributed by atoms with van der Waals surface area (Å²) in [5, 5.41) is 19.0. The van der Waals surface area contributed by atoms with E-state index in [0.717, 1.165) is 63.3 Å². The van der Waals surface area contributed by atoms with Crippen LogP contribution in [-0.4, -0.2) is 66.0 Å². The summed E-state index contributed by atoms with van der Waals surface area (Å²) in [5.41, 5.74) is 0.245. The molecule has 0 radical (unpaired) electrons. The Labute approximate surface area is 158 Å². The Hall–Kier alpha value is -1.15. The number of aliphatic hydroxyl groups is 2. The van der Waals surface area contributed by atoms with Crippen LogP contribution in [0.4, 0.5) is 13.2 Å². The second-order valence-corrected chi connectivity index (χ2v) is 8.02. The van der Waals surface area contributed by atoms with Gasteiger partial charge in [-0.3, -0.25) is 4.90 Å². The first kappa shape index (κ1) is 20.6. The Balaban J connectivity index is 1.53. The lowest BCUT2D eigenvalue weighted by Crippen LogP contribution is -2.40. The number of halogens is 3. The second-order valence-electron chi connectivity index (χ2n) is 8.02. The number of benzene rings is 1. The third-order valence-electron chi connectivity index (χ3n) is 6.03. The Bertz CT molecular complexity index is 586. The largest absolute Gasteiger partial charge is 0.416 e. The SMILES string of the molecule is OCC1CCN(C[C@H]2CN(Cc3ccc(C(F)(F)F)cc3)C[C@H]2CO)CC1. The van der Waals surface area contributed by atoms with Gasteiger partial charge in [-0.05, 0) is 61.4 Å². The van der Waals surface area contributed by atoms with Gasteiger partial charge in [-0.1, -0.05) is 12.1 Å². The monoisotopic (exact) mass is 386 g/mol. The smallest absolute Gasteiger partial charge is 0.396 e. The van der Waals surface area contributed by atoms with E-state index in [1.54, 1.807) is 12.1 Å². The Kier molecular flexibility index (Phi) is 6.78. The van der Waals surface area contributed by atoms with Gasteiger partial charge >= 0.3 is 6.18 Å². The summed E-state index contributed by atoms with van der Waals surface area (Å²) in [7, 11) is 0. The number of nitrogens with zero attached hydrogens (tertiary/aromatic N) is 2. The minimum Gasteiger partial charge on any atom is -0.396 e. The molecule has 0 spiro atoms. The molecule has 1 aromatic carbocycles. The van der Waals surface area contributed by atoms with E-state index in [0.29, 0.717) is 18.4 Å². The molecule has 1 aromatic rings. The highest BCUT2D eigenvalue weighted by Gasteiger charge is 2.34. The maximum Gasteiger partial charge on any atom is 0.416 e. The van der Waals surface area contributed by atoms with Crippen molar-refractivity contribution in [2.75, 3.05) is 45.9 Å². The van der Waals surface area contributed by atoms with Crippen molar-refractivity contribution in [3.63, 3.8) is 0 Å². The lowest BCUT2D eigenvalue weighted by Gasteiger charge is -2.33. The van der Waals surface area contributed by atoms with Crippen LogP contribution in [0.15, 0.2) is 24.3 Å². The first-order valence-corrected chi connectivity index (χ1v) is 9.71. The molecule has 0 saturated carbocycles. The average molecular weight is 386 g/mol. The minimum absolute atomic E-state index is 0.140. The number of rotatable bonds is 6. The highest BCUT2D eigenvalue weighted by molar-refractivity contribution is 5.24. The number of aliphatic hydroxyl groups excluding tert-OH is 2. The third kappa shape index (κ3) is 5.44. The molecule has 152 valence electrons. The summed E-state index contributed by atoms with van der Waals surface area (Å²) < 4.78 is 38.1. The molecule has 0 aliphatic carbocycles. The van der Waals surface area contributed by atoms with Crippen LogP contribution in [-0.2, 0) is 12.7 Å². The van der Waals surface area contributed by atoms with E-state index in [9.17, 15) is 23.4 Å². The molecular weight excluding hydrogens is 357 g/mol. The van der Waals surface area contributed by atoms with E-state index >= 15 is 0 Å². The van der Waals surface area contributed by atoms with Crippen molar-refractivity contribution in [3.05, 3.63) is 35.4 Å². The number of hydrogen-bond donors (Lipinski definition) is 2. The standard InChI is InChI=1S/C20H29F3N2O2/c21-20(22,23)19-3-1-15(2-4-19)9-25-11-17(18(12-25)14-27)10-24-7-5-16(13-26)6-8-24/h1-4,16-18,26-27H,5-14H2/t17-,18-/m0/s1. The average Bonchev–Trinajstić information content (AvgIpc) is 3.03. The lowest BCUT2D eigenvalue weighted by molar-refractivity contribution is -0.137. The van der Waals surface area contributed by atoms with Crippen molar-refractivity contribution in [2.45, 2.75) is 25.6 Å². The quantitative estimate of drug-likeness (QED) is 0.789. The molecule has 0 amide bonds. The molecule has 0 aromatic heterocycles. The molecule has 2 heterocycles. The molecular formula is C20H29F3N2O2. The fourth-order valence-electron chi connectivity index (χ4n) is 4.32. The van der Waals surface area contributed by atoms with Crippen molar-refractivity contribution in [3.8, 4) is 0 Å². The van der Waals surface area contributed by atoms with Crippen LogP contribution in [0, 0.1) is 17.8 Å². The highest BCUT2D eigenvalue weighted by Crippen LogP contribution is 2.30. The maximum absolute atomic E-state index is 12.7. The van der Waals surface area contributed by atoms with Crippen LogP contribution in [0.25, 0.3) is 0 Å². The summed E-state index contributed by atoms with van der Waals surface area (Å²) in [6.07, 6.45) is -2.27. The molecule has 2 aliphatic heterocycles. The van der Waals surface area contributed by atoms with E-state index < -0.39 is 11.7 Å². The molecule has 2 saturated heterocycles. The molecule has 2 aliphatic rings. The first-order valence-electron chi connectivity index (χ1n) is 9.71. The van der Waals surface area contributed by atoms with Crippen LogP contribution in [0.3, 0.4) is 0 Å². The zero-order valence-corrected chi connectivity index (χ0v) is 15.5. The van der Waals surface area contributed by atoms with Gasteiger partial charge < -0.3 is 15.1 Å². The molecule has 0 bridgehead atoms. The summed E-state index contributed by atoms with van der Waals surface area (Å²) in [4.78, 5) is 4.65. The molecule has 3 rings (SSSR count). The normalized spacial score (nSPS) is 26.0. The van der Waals surface area contributed by atoms with Crippen molar-refractivity contribution in [1.29, 1.82) is 0 Å². The minimum atomic E-state index is -4.30. The van der Waals surface area contributed by atoms with Crippen LogP contribution >= 0.6 is 0 Å².